The summed E-state index contributed by atoms with van der Waals surface area (Å²) in [5.74, 6) is 0. The fraction of sp³-hybridized carbons (Fsp3) is 0.667. The van der Waals surface area contributed by atoms with E-state index in [-0.39, 0.29) is 0 Å². The third kappa shape index (κ3) is 3.73. The van der Waals surface area contributed by atoms with Gasteiger partial charge in [-0.15, -0.1) is 0 Å². The maximum atomic E-state index is 10.3. The van der Waals surface area contributed by atoms with E-state index in [1.807, 2.05) is 13.0 Å². The molecular weight excluding hydrogens is 216 g/mol. The third-order valence-corrected chi connectivity index (χ3v) is 3.15. The zero-order valence-electron chi connectivity index (χ0n) is 10.2. The maximum Gasteiger partial charge on any atom is 0.115 e. The Morgan fingerprint density at radius 1 is 1.41 bits per heavy atom. The predicted octanol–water partition coefficient (Wildman–Crippen LogP) is -0.0109. The summed E-state index contributed by atoms with van der Waals surface area (Å²) in [6.45, 7) is 5.04. The van der Waals surface area contributed by atoms with Crippen molar-refractivity contribution in [3.05, 3.63) is 23.8 Å². The third-order valence-electron chi connectivity index (χ3n) is 3.15. The SMILES string of the molecule is Cc1cc(CNCC2(O)CCNCC2)ncn1. The van der Waals surface area contributed by atoms with Gasteiger partial charge in [0.15, 0.2) is 0 Å². The van der Waals surface area contributed by atoms with Crippen molar-refractivity contribution in [3.63, 3.8) is 0 Å². The van der Waals surface area contributed by atoms with Gasteiger partial charge < -0.3 is 15.7 Å². The fourth-order valence-corrected chi connectivity index (χ4v) is 2.10. The molecule has 0 unspecified atom stereocenters. The van der Waals surface area contributed by atoms with E-state index in [4.69, 9.17) is 0 Å². The van der Waals surface area contributed by atoms with Gasteiger partial charge in [0.2, 0.25) is 0 Å². The molecule has 0 radical (unpaired) electrons. The highest BCUT2D eigenvalue weighted by Crippen LogP contribution is 2.16. The number of aryl methyl sites for hydroxylation is 1. The van der Waals surface area contributed by atoms with Gasteiger partial charge in [0.1, 0.15) is 6.33 Å². The average Bonchev–Trinajstić information content (AvgIpc) is 2.30. The number of piperidine rings is 1. The van der Waals surface area contributed by atoms with Crippen LogP contribution in [0.2, 0.25) is 0 Å². The van der Waals surface area contributed by atoms with Crippen LogP contribution in [0.5, 0.6) is 0 Å². The largest absolute Gasteiger partial charge is 0.388 e. The minimum absolute atomic E-state index is 0.562. The van der Waals surface area contributed by atoms with Gasteiger partial charge in [0.05, 0.1) is 11.3 Å². The van der Waals surface area contributed by atoms with Crippen molar-refractivity contribution in [2.45, 2.75) is 31.9 Å². The molecule has 1 saturated heterocycles. The quantitative estimate of drug-likeness (QED) is 0.686. The molecule has 1 aliphatic rings. The van der Waals surface area contributed by atoms with Gasteiger partial charge in [-0.05, 0) is 38.9 Å². The first-order valence-electron chi connectivity index (χ1n) is 6.09. The van der Waals surface area contributed by atoms with Crippen LogP contribution in [0.15, 0.2) is 12.4 Å². The van der Waals surface area contributed by atoms with E-state index in [0.29, 0.717) is 13.1 Å². The van der Waals surface area contributed by atoms with Crippen LogP contribution < -0.4 is 10.6 Å². The first kappa shape index (κ1) is 12.4. The van der Waals surface area contributed by atoms with E-state index >= 15 is 0 Å². The highest BCUT2D eigenvalue weighted by atomic mass is 16.3. The Hall–Kier alpha value is -1.04. The van der Waals surface area contributed by atoms with E-state index in [1.165, 1.54) is 0 Å². The van der Waals surface area contributed by atoms with Gasteiger partial charge in [-0.1, -0.05) is 0 Å². The second kappa shape index (κ2) is 5.53. The first-order chi connectivity index (χ1) is 8.18. The van der Waals surface area contributed by atoms with E-state index in [9.17, 15) is 5.11 Å². The van der Waals surface area contributed by atoms with Crippen LogP contribution in [-0.2, 0) is 6.54 Å². The van der Waals surface area contributed by atoms with Crippen LogP contribution >= 0.6 is 0 Å². The lowest BCUT2D eigenvalue weighted by molar-refractivity contribution is 0.0109. The number of rotatable bonds is 4. The zero-order chi connectivity index (χ0) is 12.1. The summed E-state index contributed by atoms with van der Waals surface area (Å²) in [7, 11) is 0. The van der Waals surface area contributed by atoms with Crippen molar-refractivity contribution in [2.75, 3.05) is 19.6 Å². The maximum absolute atomic E-state index is 10.3. The molecule has 5 nitrogen and oxygen atoms in total. The molecule has 0 bridgehead atoms. The summed E-state index contributed by atoms with van der Waals surface area (Å²) in [4.78, 5) is 8.23. The number of hydrogen-bond donors (Lipinski definition) is 3. The van der Waals surface area contributed by atoms with Crippen LogP contribution in [0, 0.1) is 6.92 Å². The summed E-state index contributed by atoms with van der Waals surface area (Å²) in [5.41, 5.74) is 1.38. The summed E-state index contributed by atoms with van der Waals surface area (Å²) in [6, 6.07) is 1.96. The first-order valence-corrected chi connectivity index (χ1v) is 6.09. The number of nitrogens with one attached hydrogen (secondary N) is 2. The lowest BCUT2D eigenvalue weighted by atomic mass is 9.92. The monoisotopic (exact) mass is 236 g/mol. The van der Waals surface area contributed by atoms with E-state index < -0.39 is 5.60 Å². The molecule has 1 fully saturated rings. The molecule has 2 rings (SSSR count). The van der Waals surface area contributed by atoms with Gasteiger partial charge in [0, 0.05) is 18.8 Å². The van der Waals surface area contributed by atoms with Crippen molar-refractivity contribution in [1.29, 1.82) is 0 Å². The Bertz CT molecular complexity index is 363. The summed E-state index contributed by atoms with van der Waals surface area (Å²) in [6.07, 6.45) is 3.19. The van der Waals surface area contributed by atoms with Gasteiger partial charge >= 0.3 is 0 Å². The second-order valence-electron chi connectivity index (χ2n) is 4.73. The molecule has 3 N–H and O–H groups in total. The highest BCUT2D eigenvalue weighted by Gasteiger charge is 2.28. The van der Waals surface area contributed by atoms with Crippen molar-refractivity contribution in [2.24, 2.45) is 0 Å². The summed E-state index contributed by atoms with van der Waals surface area (Å²) in [5, 5.41) is 16.8. The minimum Gasteiger partial charge on any atom is -0.388 e. The van der Waals surface area contributed by atoms with E-state index in [2.05, 4.69) is 20.6 Å². The lowest BCUT2D eigenvalue weighted by Gasteiger charge is -2.32. The van der Waals surface area contributed by atoms with Crippen molar-refractivity contribution in [1.82, 2.24) is 20.6 Å². The standard InChI is InChI=1S/C12H20N4O/c1-10-6-11(16-9-15-10)7-14-8-12(17)2-4-13-5-3-12/h6,9,13-14,17H,2-5,7-8H2,1H3. The van der Waals surface area contributed by atoms with Crippen LogP contribution in [0.25, 0.3) is 0 Å². The average molecular weight is 236 g/mol. The lowest BCUT2D eigenvalue weighted by Crippen LogP contribution is -2.48. The van der Waals surface area contributed by atoms with Gasteiger partial charge in [-0.3, -0.25) is 0 Å². The number of hydrogen-bond acceptors (Lipinski definition) is 5. The molecule has 17 heavy (non-hydrogen) atoms. The highest BCUT2D eigenvalue weighted by molar-refractivity contribution is 5.06. The predicted molar refractivity (Wildman–Crippen MR) is 65.5 cm³/mol. The molecule has 0 amide bonds. The number of nitrogens with zero attached hydrogens (tertiary/aromatic N) is 2. The van der Waals surface area contributed by atoms with Crippen LogP contribution in [-0.4, -0.2) is 40.3 Å². The molecule has 1 aromatic heterocycles. The van der Waals surface area contributed by atoms with Gasteiger partial charge in [0.25, 0.3) is 0 Å². The molecule has 0 atom stereocenters. The fourth-order valence-electron chi connectivity index (χ4n) is 2.10. The number of aromatic nitrogens is 2. The molecule has 94 valence electrons. The molecule has 0 aliphatic carbocycles. The van der Waals surface area contributed by atoms with Gasteiger partial charge in [-0.25, -0.2) is 9.97 Å². The summed E-state index contributed by atoms with van der Waals surface area (Å²) >= 11 is 0. The molecule has 1 aliphatic heterocycles. The van der Waals surface area contributed by atoms with Crippen LogP contribution in [0.3, 0.4) is 0 Å². The molecule has 0 spiro atoms. The number of aliphatic hydroxyl groups is 1. The van der Waals surface area contributed by atoms with E-state index in [1.54, 1.807) is 6.33 Å². The summed E-state index contributed by atoms with van der Waals surface area (Å²) < 4.78 is 0. The van der Waals surface area contributed by atoms with Crippen LogP contribution in [0.1, 0.15) is 24.2 Å². The molecule has 1 aromatic rings. The molecule has 5 heteroatoms. The topological polar surface area (TPSA) is 70.1 Å². The van der Waals surface area contributed by atoms with Crippen LogP contribution in [0.4, 0.5) is 0 Å². The Kier molecular flexibility index (Phi) is 4.04. The van der Waals surface area contributed by atoms with Gasteiger partial charge in [-0.2, -0.15) is 0 Å². The molecule has 0 aromatic carbocycles. The Morgan fingerprint density at radius 2 is 2.18 bits per heavy atom. The Balaban J connectivity index is 1.79. The smallest absolute Gasteiger partial charge is 0.115 e. The molecular formula is C12H20N4O. The normalized spacial score (nSPS) is 19.2. The second-order valence-corrected chi connectivity index (χ2v) is 4.73. The zero-order valence-corrected chi connectivity index (χ0v) is 10.2. The molecule has 0 saturated carbocycles. The van der Waals surface area contributed by atoms with E-state index in [0.717, 1.165) is 37.3 Å². The minimum atomic E-state index is -0.562. The van der Waals surface area contributed by atoms with Crippen molar-refractivity contribution >= 4 is 0 Å². The Labute approximate surface area is 102 Å². The molecule has 2 heterocycles. The van der Waals surface area contributed by atoms with Crippen molar-refractivity contribution < 1.29 is 5.11 Å². The van der Waals surface area contributed by atoms with Crippen molar-refractivity contribution in [3.8, 4) is 0 Å². The Morgan fingerprint density at radius 3 is 2.88 bits per heavy atom.